The Morgan fingerprint density at radius 1 is 1.07 bits per heavy atom. The summed E-state index contributed by atoms with van der Waals surface area (Å²) >= 11 is 0. The molecule has 0 heterocycles. The molecule has 27 heavy (non-hydrogen) atoms. The van der Waals surface area contributed by atoms with Gasteiger partial charge in [0.15, 0.2) is 5.96 Å². The van der Waals surface area contributed by atoms with Crippen LogP contribution in [-0.4, -0.2) is 68.5 Å². The van der Waals surface area contributed by atoms with Crippen LogP contribution in [0.3, 0.4) is 0 Å². The summed E-state index contributed by atoms with van der Waals surface area (Å²) in [5.74, 6) is 0.682. The highest BCUT2D eigenvalue weighted by atomic mass is 127. The zero-order chi connectivity index (χ0) is 19.4. The van der Waals surface area contributed by atoms with Crippen LogP contribution in [-0.2, 0) is 4.79 Å². The summed E-state index contributed by atoms with van der Waals surface area (Å²) in [6, 6.07) is 10.8. The van der Waals surface area contributed by atoms with Gasteiger partial charge in [-0.25, -0.2) is 4.99 Å². The third-order valence-corrected chi connectivity index (χ3v) is 4.31. The summed E-state index contributed by atoms with van der Waals surface area (Å²) in [5.41, 5.74) is 1.28. The molecule has 0 saturated heterocycles. The van der Waals surface area contributed by atoms with E-state index in [2.05, 4.69) is 65.6 Å². The van der Waals surface area contributed by atoms with Crippen molar-refractivity contribution in [3.05, 3.63) is 35.9 Å². The molecule has 0 fully saturated rings. The van der Waals surface area contributed by atoms with Gasteiger partial charge in [-0.15, -0.1) is 24.0 Å². The van der Waals surface area contributed by atoms with Gasteiger partial charge in [-0.1, -0.05) is 51.1 Å². The minimum Gasteiger partial charge on any atom is -0.356 e. The highest BCUT2D eigenvalue weighted by molar-refractivity contribution is 14.0. The van der Waals surface area contributed by atoms with E-state index in [1.807, 2.05) is 6.07 Å². The van der Waals surface area contributed by atoms with Gasteiger partial charge in [0.1, 0.15) is 6.54 Å². The number of amides is 1. The van der Waals surface area contributed by atoms with Crippen LogP contribution in [0.4, 0.5) is 0 Å². The molecular formula is C20H36IN5O. The number of guanidine groups is 1. The van der Waals surface area contributed by atoms with Crippen LogP contribution in [0.2, 0.25) is 0 Å². The first-order valence-electron chi connectivity index (χ1n) is 9.54. The van der Waals surface area contributed by atoms with E-state index in [1.54, 1.807) is 19.0 Å². The molecule has 0 radical (unpaired) electrons. The molecule has 0 bridgehead atoms. The summed E-state index contributed by atoms with van der Waals surface area (Å²) in [6.45, 7) is 10.1. The zero-order valence-electron chi connectivity index (χ0n) is 17.4. The van der Waals surface area contributed by atoms with Crippen molar-refractivity contribution >= 4 is 35.8 Å². The topological polar surface area (TPSA) is 60.0 Å². The summed E-state index contributed by atoms with van der Waals surface area (Å²) < 4.78 is 0. The normalized spacial score (nSPS) is 12.3. The Balaban J connectivity index is 0.00000676. The molecule has 1 aromatic carbocycles. The molecule has 1 unspecified atom stereocenters. The van der Waals surface area contributed by atoms with Crippen LogP contribution in [0.1, 0.15) is 38.8 Å². The van der Waals surface area contributed by atoms with E-state index in [1.165, 1.54) is 5.56 Å². The van der Waals surface area contributed by atoms with Crippen molar-refractivity contribution in [3.63, 3.8) is 0 Å². The van der Waals surface area contributed by atoms with Crippen molar-refractivity contribution in [1.82, 2.24) is 20.4 Å². The lowest BCUT2D eigenvalue weighted by Gasteiger charge is -2.31. The first-order valence-corrected chi connectivity index (χ1v) is 9.54. The Morgan fingerprint density at radius 3 is 2.22 bits per heavy atom. The maximum absolute atomic E-state index is 11.8. The van der Waals surface area contributed by atoms with Crippen molar-refractivity contribution in [1.29, 1.82) is 0 Å². The zero-order valence-corrected chi connectivity index (χ0v) is 19.7. The predicted molar refractivity (Wildman–Crippen MR) is 125 cm³/mol. The number of nitrogens with one attached hydrogen (secondary N) is 2. The number of likely N-dealkylation sites (N-methyl/N-ethyl adjacent to an activating group) is 2. The lowest BCUT2D eigenvalue weighted by Crippen LogP contribution is -2.44. The quantitative estimate of drug-likeness (QED) is 0.302. The summed E-state index contributed by atoms with van der Waals surface area (Å²) in [4.78, 5) is 20.3. The monoisotopic (exact) mass is 489 g/mol. The molecule has 2 N–H and O–H groups in total. The van der Waals surface area contributed by atoms with Crippen LogP contribution in [0, 0.1) is 0 Å². The average molecular weight is 489 g/mol. The maximum Gasteiger partial charge on any atom is 0.243 e. The first kappa shape index (κ1) is 25.6. The molecular weight excluding hydrogens is 453 g/mol. The molecule has 154 valence electrons. The minimum atomic E-state index is -0.00838. The fourth-order valence-corrected chi connectivity index (χ4v) is 2.70. The van der Waals surface area contributed by atoms with Crippen LogP contribution < -0.4 is 10.6 Å². The molecule has 6 nitrogen and oxygen atoms in total. The Labute approximate surface area is 181 Å². The van der Waals surface area contributed by atoms with Gasteiger partial charge < -0.3 is 15.5 Å². The number of hydrogen-bond acceptors (Lipinski definition) is 3. The van der Waals surface area contributed by atoms with E-state index < -0.39 is 0 Å². The Morgan fingerprint density at radius 2 is 1.70 bits per heavy atom. The SMILES string of the molecule is CCCNC(=NCC(=O)N(C)C)NCC(c1ccccc1)N(CC)CC.I. The van der Waals surface area contributed by atoms with Crippen molar-refractivity contribution < 1.29 is 4.79 Å². The van der Waals surface area contributed by atoms with Gasteiger partial charge in [-0.3, -0.25) is 9.69 Å². The fraction of sp³-hybridized carbons (Fsp3) is 0.600. The number of rotatable bonds is 10. The van der Waals surface area contributed by atoms with Gasteiger partial charge in [0, 0.05) is 27.2 Å². The van der Waals surface area contributed by atoms with Gasteiger partial charge in [0.05, 0.1) is 6.04 Å². The van der Waals surface area contributed by atoms with Crippen LogP contribution in [0.5, 0.6) is 0 Å². The molecule has 0 aliphatic carbocycles. The Kier molecular flexibility index (Phi) is 13.9. The number of nitrogens with zero attached hydrogens (tertiary/aromatic N) is 3. The van der Waals surface area contributed by atoms with Crippen LogP contribution in [0.25, 0.3) is 0 Å². The number of carbonyl (C=O) groups is 1. The summed E-state index contributed by atoms with van der Waals surface area (Å²) in [7, 11) is 3.49. The lowest BCUT2D eigenvalue weighted by molar-refractivity contribution is -0.127. The van der Waals surface area contributed by atoms with Gasteiger partial charge in [0.25, 0.3) is 0 Å². The number of aliphatic imine (C=N–C) groups is 1. The lowest BCUT2D eigenvalue weighted by atomic mass is 10.1. The van der Waals surface area contributed by atoms with Gasteiger partial charge in [-0.2, -0.15) is 0 Å². The standard InChI is InChI=1S/C20H35N5O.HI/c1-6-14-21-20(23-16-19(26)24(4)5)22-15-18(25(7-2)8-3)17-12-10-9-11-13-17;/h9-13,18H,6-8,14-16H2,1-5H3,(H2,21,22,23);1H. The average Bonchev–Trinajstić information content (AvgIpc) is 2.66. The third-order valence-electron chi connectivity index (χ3n) is 4.31. The summed E-state index contributed by atoms with van der Waals surface area (Å²) in [6.07, 6.45) is 1.00. The highest BCUT2D eigenvalue weighted by Gasteiger charge is 2.18. The van der Waals surface area contributed by atoms with E-state index in [0.29, 0.717) is 5.96 Å². The van der Waals surface area contributed by atoms with Crippen molar-refractivity contribution in [3.8, 4) is 0 Å². The predicted octanol–water partition coefficient (Wildman–Crippen LogP) is 2.72. The van der Waals surface area contributed by atoms with E-state index in [9.17, 15) is 4.79 Å². The van der Waals surface area contributed by atoms with E-state index in [4.69, 9.17) is 0 Å². The number of benzene rings is 1. The molecule has 1 amide bonds. The molecule has 0 saturated carbocycles. The van der Waals surface area contributed by atoms with Crippen LogP contribution in [0.15, 0.2) is 35.3 Å². The largest absolute Gasteiger partial charge is 0.356 e. The van der Waals surface area contributed by atoms with E-state index in [0.717, 1.165) is 32.6 Å². The van der Waals surface area contributed by atoms with Gasteiger partial charge >= 0.3 is 0 Å². The number of halogens is 1. The smallest absolute Gasteiger partial charge is 0.243 e. The molecule has 1 aromatic rings. The second-order valence-electron chi connectivity index (χ2n) is 6.41. The molecule has 1 atom stereocenters. The first-order chi connectivity index (χ1) is 12.5. The Bertz CT molecular complexity index is 547. The minimum absolute atomic E-state index is 0. The van der Waals surface area contributed by atoms with Crippen molar-refractivity contribution in [2.24, 2.45) is 4.99 Å². The molecule has 0 spiro atoms. The van der Waals surface area contributed by atoms with Gasteiger partial charge in [0.2, 0.25) is 5.91 Å². The number of hydrogen-bond donors (Lipinski definition) is 2. The van der Waals surface area contributed by atoms with Crippen molar-refractivity contribution in [2.75, 3.05) is 46.8 Å². The summed E-state index contributed by atoms with van der Waals surface area (Å²) in [5, 5.41) is 6.72. The van der Waals surface area contributed by atoms with E-state index in [-0.39, 0.29) is 42.5 Å². The molecule has 1 rings (SSSR count). The van der Waals surface area contributed by atoms with Crippen molar-refractivity contribution in [2.45, 2.75) is 33.2 Å². The highest BCUT2D eigenvalue weighted by Crippen LogP contribution is 2.19. The second-order valence-corrected chi connectivity index (χ2v) is 6.41. The maximum atomic E-state index is 11.8. The second kappa shape index (κ2) is 14.7. The molecule has 7 heteroatoms. The third kappa shape index (κ3) is 9.41. The Hall–Kier alpha value is -1.35. The fourth-order valence-electron chi connectivity index (χ4n) is 2.70. The molecule has 0 aliphatic heterocycles. The van der Waals surface area contributed by atoms with Gasteiger partial charge in [-0.05, 0) is 25.1 Å². The van der Waals surface area contributed by atoms with E-state index >= 15 is 0 Å². The molecule has 0 aromatic heterocycles. The molecule has 0 aliphatic rings. The number of carbonyl (C=O) groups excluding carboxylic acids is 1. The van der Waals surface area contributed by atoms with Crippen LogP contribution >= 0.6 is 24.0 Å².